The second kappa shape index (κ2) is 7.17. The molecule has 2 rings (SSSR count). The minimum Gasteiger partial charge on any atom is -0.497 e. The normalized spacial score (nSPS) is 17.4. The van der Waals surface area contributed by atoms with Gasteiger partial charge in [0.25, 0.3) is 0 Å². The van der Waals surface area contributed by atoms with Crippen molar-refractivity contribution in [2.24, 2.45) is 11.8 Å². The molecule has 1 aliphatic rings. The van der Waals surface area contributed by atoms with Crippen LogP contribution in [0.1, 0.15) is 32.1 Å². The van der Waals surface area contributed by atoms with Crippen molar-refractivity contribution in [3.05, 3.63) is 24.3 Å². The predicted octanol–water partition coefficient (Wildman–Crippen LogP) is 3.36. The smallest absolute Gasteiger partial charge is 0.310 e. The second-order valence-corrected chi connectivity index (χ2v) is 5.33. The summed E-state index contributed by atoms with van der Waals surface area (Å²) >= 11 is 0. The van der Waals surface area contributed by atoms with E-state index in [9.17, 15) is 9.90 Å². The maximum Gasteiger partial charge on any atom is 0.310 e. The predicted molar refractivity (Wildman–Crippen MR) is 76.2 cm³/mol. The molecule has 20 heavy (non-hydrogen) atoms. The van der Waals surface area contributed by atoms with Crippen molar-refractivity contribution in [1.82, 2.24) is 0 Å². The maximum atomic E-state index is 11.4. The number of carboxylic acids is 1. The zero-order chi connectivity index (χ0) is 14.4. The minimum atomic E-state index is -0.750. The first-order valence-corrected chi connectivity index (χ1v) is 7.20. The Kier molecular flexibility index (Phi) is 5.27. The monoisotopic (exact) mass is 278 g/mol. The van der Waals surface area contributed by atoms with Crippen LogP contribution in [0.5, 0.6) is 11.5 Å². The van der Waals surface area contributed by atoms with E-state index in [0.29, 0.717) is 11.5 Å². The highest BCUT2D eigenvalue weighted by Gasteiger charge is 2.30. The van der Waals surface area contributed by atoms with E-state index in [4.69, 9.17) is 9.47 Å². The summed E-state index contributed by atoms with van der Waals surface area (Å²) in [4.78, 5) is 11.4. The molecular formula is C16H22O4. The number of aliphatic carboxylic acids is 1. The lowest BCUT2D eigenvalue weighted by molar-refractivity contribution is -0.145. The van der Waals surface area contributed by atoms with Crippen molar-refractivity contribution in [3.63, 3.8) is 0 Å². The summed E-state index contributed by atoms with van der Waals surface area (Å²) in [7, 11) is 1.60. The zero-order valence-corrected chi connectivity index (χ0v) is 11.9. The molecule has 1 aliphatic carbocycles. The summed E-state index contributed by atoms with van der Waals surface area (Å²) in [5, 5.41) is 9.40. The van der Waals surface area contributed by atoms with E-state index in [1.807, 2.05) is 18.2 Å². The molecule has 1 aromatic carbocycles. The Morgan fingerprint density at radius 1 is 1.30 bits per heavy atom. The number of ether oxygens (including phenoxy) is 2. The number of hydrogen-bond donors (Lipinski definition) is 1. The molecule has 0 heterocycles. The number of carbonyl (C=O) groups is 1. The highest BCUT2D eigenvalue weighted by Crippen LogP contribution is 2.31. The third-order valence-electron chi connectivity index (χ3n) is 4.01. The molecule has 0 bridgehead atoms. The van der Waals surface area contributed by atoms with Crippen LogP contribution >= 0.6 is 0 Å². The largest absolute Gasteiger partial charge is 0.497 e. The molecule has 0 radical (unpaired) electrons. The van der Waals surface area contributed by atoms with E-state index in [1.165, 1.54) is 6.42 Å². The number of rotatable bonds is 6. The fourth-order valence-electron chi connectivity index (χ4n) is 2.82. The van der Waals surface area contributed by atoms with Gasteiger partial charge in [-0.25, -0.2) is 0 Å². The van der Waals surface area contributed by atoms with Crippen molar-refractivity contribution in [2.45, 2.75) is 32.1 Å². The van der Waals surface area contributed by atoms with Crippen LogP contribution in [0.25, 0.3) is 0 Å². The van der Waals surface area contributed by atoms with Gasteiger partial charge in [0.15, 0.2) is 0 Å². The van der Waals surface area contributed by atoms with Gasteiger partial charge in [-0.15, -0.1) is 0 Å². The summed E-state index contributed by atoms with van der Waals surface area (Å²) in [6.45, 7) is 0.229. The lowest BCUT2D eigenvalue weighted by atomic mass is 9.80. The van der Waals surface area contributed by atoms with E-state index >= 15 is 0 Å². The summed E-state index contributed by atoms with van der Waals surface area (Å²) in [5.74, 6) is 0.451. The van der Waals surface area contributed by atoms with Crippen LogP contribution in [0.3, 0.4) is 0 Å². The van der Waals surface area contributed by atoms with Gasteiger partial charge in [-0.05, 0) is 30.9 Å². The molecule has 1 aromatic rings. The Bertz CT molecular complexity index is 438. The lowest BCUT2D eigenvalue weighted by Crippen LogP contribution is -2.30. The quantitative estimate of drug-likeness (QED) is 0.867. The third-order valence-corrected chi connectivity index (χ3v) is 4.01. The van der Waals surface area contributed by atoms with Crippen LogP contribution < -0.4 is 9.47 Å². The summed E-state index contributed by atoms with van der Waals surface area (Å²) in [6.07, 6.45) is 5.48. The molecule has 0 aromatic heterocycles. The Morgan fingerprint density at radius 3 is 2.65 bits per heavy atom. The molecule has 0 amide bonds. The Hall–Kier alpha value is -1.71. The van der Waals surface area contributed by atoms with Gasteiger partial charge in [0, 0.05) is 6.07 Å². The fraction of sp³-hybridized carbons (Fsp3) is 0.562. The van der Waals surface area contributed by atoms with Crippen LogP contribution in [0.2, 0.25) is 0 Å². The number of benzene rings is 1. The van der Waals surface area contributed by atoms with Crippen LogP contribution in [-0.4, -0.2) is 24.8 Å². The Balaban J connectivity index is 1.95. The second-order valence-electron chi connectivity index (χ2n) is 5.33. The first kappa shape index (κ1) is 14.7. The topological polar surface area (TPSA) is 55.8 Å². The van der Waals surface area contributed by atoms with Gasteiger partial charge in [0.2, 0.25) is 0 Å². The maximum absolute atomic E-state index is 11.4. The first-order valence-electron chi connectivity index (χ1n) is 7.20. The first-order chi connectivity index (χ1) is 9.70. The van der Waals surface area contributed by atoms with E-state index in [1.54, 1.807) is 13.2 Å². The molecule has 1 N–H and O–H groups in total. The van der Waals surface area contributed by atoms with Gasteiger partial charge >= 0.3 is 5.97 Å². The standard InChI is InChI=1S/C16H22O4/c1-19-13-8-5-9-14(10-13)20-11-15(16(17)18)12-6-3-2-4-7-12/h5,8-10,12,15H,2-4,6-7,11H2,1H3,(H,17,18). The molecular weight excluding hydrogens is 256 g/mol. The summed E-state index contributed by atoms with van der Waals surface area (Å²) in [5.41, 5.74) is 0. The Labute approximate surface area is 119 Å². The van der Waals surface area contributed by atoms with Crippen molar-refractivity contribution in [1.29, 1.82) is 0 Å². The molecule has 4 heteroatoms. The Morgan fingerprint density at radius 2 is 2.00 bits per heavy atom. The van der Waals surface area contributed by atoms with Crippen LogP contribution in [0.4, 0.5) is 0 Å². The lowest BCUT2D eigenvalue weighted by Gasteiger charge is -2.27. The van der Waals surface area contributed by atoms with Crippen LogP contribution in [0.15, 0.2) is 24.3 Å². The van der Waals surface area contributed by atoms with Gasteiger partial charge in [0.1, 0.15) is 18.1 Å². The van der Waals surface area contributed by atoms with E-state index in [2.05, 4.69) is 0 Å². The fourth-order valence-corrected chi connectivity index (χ4v) is 2.82. The highest BCUT2D eigenvalue weighted by molar-refractivity contribution is 5.70. The molecule has 4 nitrogen and oxygen atoms in total. The van der Waals surface area contributed by atoms with Gasteiger partial charge in [-0.2, -0.15) is 0 Å². The molecule has 1 fully saturated rings. The van der Waals surface area contributed by atoms with Gasteiger partial charge in [0.05, 0.1) is 13.0 Å². The van der Waals surface area contributed by atoms with Crippen LogP contribution in [-0.2, 0) is 4.79 Å². The molecule has 1 atom stereocenters. The van der Waals surface area contributed by atoms with Gasteiger partial charge in [-0.3, -0.25) is 4.79 Å². The van der Waals surface area contributed by atoms with Gasteiger partial charge in [-0.1, -0.05) is 25.3 Å². The number of methoxy groups -OCH3 is 1. The molecule has 0 aliphatic heterocycles. The van der Waals surface area contributed by atoms with E-state index < -0.39 is 11.9 Å². The summed E-state index contributed by atoms with van der Waals surface area (Å²) < 4.78 is 10.8. The molecule has 110 valence electrons. The van der Waals surface area contributed by atoms with E-state index in [-0.39, 0.29) is 12.5 Å². The third kappa shape index (κ3) is 3.89. The minimum absolute atomic E-state index is 0.229. The number of hydrogen-bond acceptors (Lipinski definition) is 3. The van der Waals surface area contributed by atoms with Crippen molar-refractivity contribution >= 4 is 5.97 Å². The summed E-state index contributed by atoms with van der Waals surface area (Å²) in [6, 6.07) is 7.27. The highest BCUT2D eigenvalue weighted by atomic mass is 16.5. The molecule has 0 spiro atoms. The molecule has 0 saturated heterocycles. The number of carboxylic acid groups (broad SMARTS) is 1. The molecule has 1 unspecified atom stereocenters. The molecule has 1 saturated carbocycles. The van der Waals surface area contributed by atoms with Crippen molar-refractivity contribution in [3.8, 4) is 11.5 Å². The van der Waals surface area contributed by atoms with Crippen molar-refractivity contribution in [2.75, 3.05) is 13.7 Å². The average Bonchev–Trinajstić information content (AvgIpc) is 2.48. The van der Waals surface area contributed by atoms with E-state index in [0.717, 1.165) is 25.7 Å². The van der Waals surface area contributed by atoms with Gasteiger partial charge < -0.3 is 14.6 Å². The van der Waals surface area contributed by atoms with Crippen molar-refractivity contribution < 1.29 is 19.4 Å². The average molecular weight is 278 g/mol. The van der Waals surface area contributed by atoms with Crippen LogP contribution in [0, 0.1) is 11.8 Å². The zero-order valence-electron chi connectivity index (χ0n) is 11.9. The SMILES string of the molecule is COc1cccc(OCC(C(=O)O)C2CCCCC2)c1.